The summed E-state index contributed by atoms with van der Waals surface area (Å²) in [5, 5.41) is 8.19. The van der Waals surface area contributed by atoms with Gasteiger partial charge in [0.25, 0.3) is 0 Å². The molecule has 5 aromatic carbocycles. The van der Waals surface area contributed by atoms with E-state index in [1.165, 1.54) is 51.2 Å². The predicted molar refractivity (Wildman–Crippen MR) is 153 cm³/mol. The fourth-order valence-electron chi connectivity index (χ4n) is 5.68. The molecule has 2 fully saturated rings. The van der Waals surface area contributed by atoms with Crippen molar-refractivity contribution >= 4 is 47.3 Å². The fourth-order valence-corrected chi connectivity index (χ4v) is 6.73. The van der Waals surface area contributed by atoms with Crippen LogP contribution in [-0.4, -0.2) is 15.4 Å². The Morgan fingerprint density at radius 3 is 1.51 bits per heavy atom. The van der Waals surface area contributed by atoms with E-state index in [1.54, 1.807) is 0 Å². The molecule has 6 heteroatoms. The first-order valence-corrected chi connectivity index (χ1v) is 13.8. The summed E-state index contributed by atoms with van der Waals surface area (Å²) in [5.41, 5.74) is 6.99. The molecule has 2 radical (unpaired) electrons. The minimum absolute atomic E-state index is 0. The van der Waals surface area contributed by atoms with Gasteiger partial charge >= 0.3 is 21.7 Å². The number of hydrogen-bond acceptors (Lipinski definition) is 1. The molecule has 0 saturated heterocycles. The number of fused-ring (bicyclic) bond motifs is 5. The molecule has 39 heavy (non-hydrogen) atoms. The van der Waals surface area contributed by atoms with Gasteiger partial charge in [0.2, 0.25) is 0 Å². The number of amides is 1. The van der Waals surface area contributed by atoms with Crippen LogP contribution in [0.4, 0.5) is 0 Å². The summed E-state index contributed by atoms with van der Waals surface area (Å²) in [7, 11) is 0.777. The van der Waals surface area contributed by atoms with E-state index in [2.05, 4.69) is 115 Å². The summed E-state index contributed by atoms with van der Waals surface area (Å²) >= 11 is 0. The maximum Gasteiger partial charge on any atom is 4.00 e. The zero-order valence-electron chi connectivity index (χ0n) is 21.7. The van der Waals surface area contributed by atoms with Crippen LogP contribution in [0.2, 0.25) is 0 Å². The molecule has 5 aromatic rings. The van der Waals surface area contributed by atoms with Crippen LogP contribution in [0.15, 0.2) is 115 Å². The number of nitrogens with one attached hydrogen (secondary N) is 1. The molecule has 2 saturated carbocycles. The van der Waals surface area contributed by atoms with Gasteiger partial charge in [0.1, 0.15) is 9.52 Å². The fraction of sp³-hybridized carbons (Fsp3) is 0.212. The van der Waals surface area contributed by atoms with Gasteiger partial charge in [-0.25, -0.2) is 0 Å². The Bertz CT molecular complexity index is 1340. The number of benzene rings is 4. The second-order valence-corrected chi connectivity index (χ2v) is 11.2. The molecule has 1 amide bonds. The molecule has 0 spiro atoms. The van der Waals surface area contributed by atoms with Crippen molar-refractivity contribution in [2.45, 2.75) is 25.7 Å². The van der Waals surface area contributed by atoms with Gasteiger partial charge in [0.05, 0.1) is 5.91 Å². The van der Waals surface area contributed by atoms with Gasteiger partial charge in [0, 0.05) is 5.92 Å². The molecular weight excluding hydrogens is 573 g/mol. The standard InChI is InChI=1S/C13H9.C12H10Si.C8H13NO.2ClH.Ti/c1-3-7-12-10(5-1)9-11-6-2-4-8-13(11)12;1-3-7-11(8-4-1)13-12-9-5-2-6-10-12;9-8(10)7-4-5-1-2-6(7)3-5;;;/h1-9H;1-10H;5-7H,1-4H2,(H2,9,10);2*1H;/q-1;;;;;+4/p-3. The van der Waals surface area contributed by atoms with Gasteiger partial charge in [-0.15, -0.1) is 39.7 Å². The van der Waals surface area contributed by atoms with Crippen LogP contribution in [0.3, 0.4) is 0 Å². The van der Waals surface area contributed by atoms with Crippen LogP contribution in [0.1, 0.15) is 25.7 Å². The molecule has 0 heterocycles. The summed E-state index contributed by atoms with van der Waals surface area (Å²) in [6.45, 7) is 0. The Morgan fingerprint density at radius 1 is 0.667 bits per heavy atom. The molecule has 1 N–H and O–H groups in total. The molecular formula is C33H31Cl2NOSiTi. The normalized spacial score (nSPS) is 18.3. The Labute approximate surface area is 261 Å². The molecule has 3 unspecified atom stereocenters. The van der Waals surface area contributed by atoms with Crippen molar-refractivity contribution in [3.8, 4) is 0 Å². The topological polar surface area (TPSA) is 40.9 Å². The van der Waals surface area contributed by atoms with Gasteiger partial charge in [-0.1, -0.05) is 114 Å². The average molecular weight is 604 g/mol. The third-order valence-corrected chi connectivity index (χ3v) is 8.68. The third kappa shape index (κ3) is 8.61. The first-order valence-electron chi connectivity index (χ1n) is 12.8. The monoisotopic (exact) mass is 603 g/mol. The molecule has 0 aliphatic heterocycles. The Balaban J connectivity index is 0.000000199. The Kier molecular flexibility index (Phi) is 13.6. The van der Waals surface area contributed by atoms with Crippen LogP contribution in [0.5, 0.6) is 0 Å². The van der Waals surface area contributed by atoms with Crippen molar-refractivity contribution in [3.63, 3.8) is 0 Å². The van der Waals surface area contributed by atoms with Crippen molar-refractivity contribution in [3.05, 3.63) is 121 Å². The van der Waals surface area contributed by atoms with Crippen molar-refractivity contribution in [1.82, 2.24) is 0 Å². The van der Waals surface area contributed by atoms with Crippen LogP contribution in [0.25, 0.3) is 27.3 Å². The molecule has 0 aromatic heterocycles. The van der Waals surface area contributed by atoms with Crippen molar-refractivity contribution < 1.29 is 51.3 Å². The van der Waals surface area contributed by atoms with Gasteiger partial charge in [-0.3, -0.25) is 0 Å². The zero-order chi connectivity index (χ0) is 24.7. The first kappa shape index (κ1) is 32.9. The summed E-state index contributed by atoms with van der Waals surface area (Å²) in [5.74, 6) is 1.20. The van der Waals surface area contributed by atoms with E-state index in [1.807, 2.05) is 0 Å². The summed E-state index contributed by atoms with van der Waals surface area (Å²) < 4.78 is 0. The number of carbonyl (C=O) groups excluding carboxylic acids is 1. The number of hydrogen-bond donors (Lipinski definition) is 0. The summed E-state index contributed by atoms with van der Waals surface area (Å²) in [4.78, 5) is 10.7. The molecule has 7 rings (SSSR count). The number of carbonyl (C=O) groups is 1. The van der Waals surface area contributed by atoms with Gasteiger partial charge in [-0.05, 0) is 31.1 Å². The second kappa shape index (κ2) is 16.1. The van der Waals surface area contributed by atoms with E-state index in [4.69, 9.17) is 5.73 Å². The molecule has 2 nitrogen and oxygen atoms in total. The van der Waals surface area contributed by atoms with Crippen molar-refractivity contribution in [1.29, 1.82) is 0 Å². The Morgan fingerprint density at radius 2 is 1.13 bits per heavy atom. The van der Waals surface area contributed by atoms with Gasteiger partial charge in [-0.2, -0.15) is 0 Å². The molecule has 2 aliphatic carbocycles. The van der Waals surface area contributed by atoms with E-state index >= 15 is 0 Å². The van der Waals surface area contributed by atoms with Crippen molar-refractivity contribution in [2.75, 3.05) is 0 Å². The summed E-state index contributed by atoms with van der Waals surface area (Å²) in [6.07, 6.45) is 4.77. The van der Waals surface area contributed by atoms with E-state index in [0.29, 0.717) is 5.92 Å². The van der Waals surface area contributed by atoms with Gasteiger partial charge < -0.3 is 35.3 Å². The largest absolute Gasteiger partial charge is 4.00 e. The van der Waals surface area contributed by atoms with E-state index in [0.717, 1.165) is 21.9 Å². The van der Waals surface area contributed by atoms with Crippen LogP contribution in [0, 0.1) is 17.8 Å². The SMILES string of the molecule is [Cl-].[Cl-].[NH-]C(=O)C1CC2CCC1C2.[Ti+4].c1ccc([Si]c2ccccc2)cc1.c1ccc2c(c1)[cH-]c1ccccc12. The number of halogens is 2. The minimum atomic E-state index is -0.313. The molecule has 196 valence electrons. The van der Waals surface area contributed by atoms with Crippen molar-refractivity contribution in [2.24, 2.45) is 17.8 Å². The van der Waals surface area contributed by atoms with E-state index in [-0.39, 0.29) is 58.4 Å². The van der Waals surface area contributed by atoms with Gasteiger partial charge in [0.15, 0.2) is 0 Å². The van der Waals surface area contributed by atoms with Crippen LogP contribution >= 0.6 is 0 Å². The summed E-state index contributed by atoms with van der Waals surface area (Å²) in [6, 6.07) is 40.4. The Hall–Kier alpha value is -2.27. The number of rotatable bonds is 3. The smallest absolute Gasteiger partial charge is 1.00 e. The van der Waals surface area contributed by atoms with Crippen LogP contribution in [-0.2, 0) is 26.5 Å². The average Bonchev–Trinajstić information content (AvgIpc) is 3.65. The van der Waals surface area contributed by atoms with E-state index in [9.17, 15) is 4.79 Å². The maximum atomic E-state index is 10.7. The molecule has 2 bridgehead atoms. The zero-order valence-corrected chi connectivity index (χ0v) is 25.8. The third-order valence-electron chi connectivity index (χ3n) is 7.43. The van der Waals surface area contributed by atoms with E-state index < -0.39 is 0 Å². The minimum Gasteiger partial charge on any atom is -1.00 e. The second-order valence-electron chi connectivity index (χ2n) is 9.82. The molecule has 2 aliphatic rings. The quantitative estimate of drug-likeness (QED) is 0.225. The molecule has 3 atom stereocenters. The maximum absolute atomic E-state index is 10.7. The predicted octanol–water partition coefficient (Wildman–Crippen LogP) is 1.06. The van der Waals surface area contributed by atoms with Crippen LogP contribution < -0.4 is 35.2 Å². The first-order chi connectivity index (χ1) is 17.7.